The zero-order valence-electron chi connectivity index (χ0n) is 8.87. The van der Waals surface area contributed by atoms with Crippen LogP contribution in [0.15, 0.2) is 30.7 Å². The summed E-state index contributed by atoms with van der Waals surface area (Å²) >= 11 is 0. The number of hydrogen-bond donors (Lipinski definition) is 2. The number of amides is 1. The van der Waals surface area contributed by atoms with E-state index in [1.165, 1.54) is 12.4 Å². The maximum absolute atomic E-state index is 11.6. The van der Waals surface area contributed by atoms with Crippen LogP contribution in [0.4, 0.5) is 5.82 Å². The van der Waals surface area contributed by atoms with E-state index < -0.39 is 0 Å². The van der Waals surface area contributed by atoms with Crippen molar-refractivity contribution in [3.8, 4) is 0 Å². The molecule has 3 N–H and O–H groups in total. The number of nitrogens with two attached hydrogens (primary N) is 1. The normalized spacial score (nSPS) is 9.88. The summed E-state index contributed by atoms with van der Waals surface area (Å²) in [5, 5.41) is 10.2. The minimum Gasteiger partial charge on any atom is -0.382 e. The van der Waals surface area contributed by atoms with E-state index in [0.29, 0.717) is 12.2 Å². The van der Waals surface area contributed by atoms with Crippen molar-refractivity contribution in [2.24, 2.45) is 0 Å². The third-order valence-electron chi connectivity index (χ3n) is 1.96. The maximum atomic E-state index is 11.6. The van der Waals surface area contributed by atoms with Crippen LogP contribution >= 0.6 is 0 Å². The van der Waals surface area contributed by atoms with Gasteiger partial charge in [0.15, 0.2) is 0 Å². The van der Waals surface area contributed by atoms with E-state index in [9.17, 15) is 4.79 Å². The van der Waals surface area contributed by atoms with Gasteiger partial charge in [-0.05, 0) is 12.1 Å². The monoisotopic (exact) mass is 230 g/mol. The second-order valence-corrected chi connectivity index (χ2v) is 3.22. The van der Waals surface area contributed by atoms with Gasteiger partial charge >= 0.3 is 0 Å². The van der Waals surface area contributed by atoms with E-state index in [4.69, 9.17) is 5.73 Å². The van der Waals surface area contributed by atoms with Crippen molar-refractivity contribution in [3.63, 3.8) is 0 Å². The predicted octanol–water partition coefficient (Wildman–Crippen LogP) is -0.221. The molecule has 0 atom stereocenters. The first-order valence-corrected chi connectivity index (χ1v) is 4.88. The molecule has 2 aromatic heterocycles. The number of rotatable bonds is 3. The molecule has 0 aromatic carbocycles. The molecule has 2 rings (SSSR count). The third kappa shape index (κ3) is 2.94. The summed E-state index contributed by atoms with van der Waals surface area (Å²) in [6.07, 6.45) is 4.22. The Bertz CT molecular complexity index is 498. The molecule has 0 spiro atoms. The molecular formula is C10H10N6O. The second kappa shape index (κ2) is 4.97. The van der Waals surface area contributed by atoms with E-state index in [-0.39, 0.29) is 17.4 Å². The van der Waals surface area contributed by atoms with Crippen LogP contribution in [0.25, 0.3) is 0 Å². The van der Waals surface area contributed by atoms with Crippen molar-refractivity contribution in [1.29, 1.82) is 0 Å². The molecule has 7 nitrogen and oxygen atoms in total. The zero-order valence-corrected chi connectivity index (χ0v) is 8.87. The Morgan fingerprint density at radius 1 is 1.35 bits per heavy atom. The molecular weight excluding hydrogens is 220 g/mol. The summed E-state index contributed by atoms with van der Waals surface area (Å²) in [4.78, 5) is 19.3. The van der Waals surface area contributed by atoms with E-state index in [0.717, 1.165) is 0 Å². The van der Waals surface area contributed by atoms with Crippen LogP contribution in [-0.4, -0.2) is 26.1 Å². The minimum atomic E-state index is -0.330. The highest BCUT2D eigenvalue weighted by atomic mass is 16.1. The van der Waals surface area contributed by atoms with Crippen LogP contribution in [0.2, 0.25) is 0 Å². The Hall–Kier alpha value is -2.57. The number of aromatic nitrogens is 4. The van der Waals surface area contributed by atoms with E-state index in [1.54, 1.807) is 18.3 Å². The molecule has 2 heterocycles. The van der Waals surface area contributed by atoms with Gasteiger partial charge < -0.3 is 11.1 Å². The summed E-state index contributed by atoms with van der Waals surface area (Å²) in [7, 11) is 0. The van der Waals surface area contributed by atoms with Crippen LogP contribution in [-0.2, 0) is 6.54 Å². The number of nitrogens with one attached hydrogen (secondary N) is 1. The summed E-state index contributed by atoms with van der Waals surface area (Å²) < 4.78 is 0. The quantitative estimate of drug-likeness (QED) is 0.754. The fourth-order valence-corrected chi connectivity index (χ4v) is 1.14. The minimum absolute atomic E-state index is 0.211. The van der Waals surface area contributed by atoms with Crippen LogP contribution in [0.3, 0.4) is 0 Å². The molecule has 17 heavy (non-hydrogen) atoms. The molecule has 1 amide bonds. The first-order chi connectivity index (χ1) is 8.25. The number of nitrogens with zero attached hydrogens (tertiary/aromatic N) is 4. The van der Waals surface area contributed by atoms with Gasteiger partial charge in [0, 0.05) is 6.20 Å². The highest BCUT2D eigenvalue weighted by molar-refractivity contribution is 5.91. The Balaban J connectivity index is 1.96. The Labute approximate surface area is 97.1 Å². The number of hydrogen-bond acceptors (Lipinski definition) is 6. The molecule has 86 valence electrons. The molecule has 0 radical (unpaired) electrons. The van der Waals surface area contributed by atoms with Gasteiger partial charge in [-0.25, -0.2) is 9.97 Å². The smallest absolute Gasteiger partial charge is 0.271 e. The lowest BCUT2D eigenvalue weighted by Gasteiger charge is -2.03. The van der Waals surface area contributed by atoms with E-state index in [2.05, 4.69) is 25.5 Å². The van der Waals surface area contributed by atoms with Crippen molar-refractivity contribution in [2.75, 3.05) is 5.73 Å². The van der Waals surface area contributed by atoms with Crippen molar-refractivity contribution >= 4 is 11.7 Å². The highest BCUT2D eigenvalue weighted by Gasteiger charge is 2.07. The average Bonchev–Trinajstić information content (AvgIpc) is 2.38. The van der Waals surface area contributed by atoms with Gasteiger partial charge in [-0.1, -0.05) is 0 Å². The molecule has 0 fully saturated rings. The van der Waals surface area contributed by atoms with Gasteiger partial charge in [0.1, 0.15) is 11.5 Å². The number of nitrogen functional groups attached to an aromatic ring is 1. The van der Waals surface area contributed by atoms with Gasteiger partial charge in [0.25, 0.3) is 5.91 Å². The van der Waals surface area contributed by atoms with Crippen molar-refractivity contribution in [2.45, 2.75) is 6.54 Å². The number of anilines is 1. The third-order valence-corrected chi connectivity index (χ3v) is 1.96. The molecule has 0 aliphatic heterocycles. The van der Waals surface area contributed by atoms with Crippen LogP contribution in [0.5, 0.6) is 0 Å². The molecule has 0 aliphatic rings. The summed E-state index contributed by atoms with van der Waals surface area (Å²) in [6, 6.07) is 3.51. The molecule has 2 aromatic rings. The second-order valence-electron chi connectivity index (χ2n) is 3.22. The topological polar surface area (TPSA) is 107 Å². The lowest BCUT2D eigenvalue weighted by molar-refractivity contribution is 0.0945. The average molecular weight is 230 g/mol. The lowest BCUT2D eigenvalue weighted by Crippen LogP contribution is -2.24. The fraction of sp³-hybridized carbons (Fsp3) is 0.100. The first kappa shape index (κ1) is 10.9. The molecule has 0 unspecified atom stereocenters. The molecule has 0 aliphatic carbocycles. The van der Waals surface area contributed by atoms with E-state index >= 15 is 0 Å². The zero-order chi connectivity index (χ0) is 12.1. The highest BCUT2D eigenvalue weighted by Crippen LogP contribution is 1.97. The van der Waals surface area contributed by atoms with Crippen molar-refractivity contribution in [1.82, 2.24) is 25.5 Å². The van der Waals surface area contributed by atoms with E-state index in [1.807, 2.05) is 0 Å². The summed E-state index contributed by atoms with van der Waals surface area (Å²) in [5.74, 6) is -0.0568. The van der Waals surface area contributed by atoms with Crippen LogP contribution in [0, 0.1) is 0 Å². The first-order valence-electron chi connectivity index (χ1n) is 4.88. The molecule has 7 heteroatoms. The maximum Gasteiger partial charge on any atom is 0.271 e. The number of carbonyl (C=O) groups excluding carboxylic acids is 1. The molecule has 0 bridgehead atoms. The van der Waals surface area contributed by atoms with Gasteiger partial charge in [-0.2, -0.15) is 10.2 Å². The van der Waals surface area contributed by atoms with Gasteiger partial charge in [-0.3, -0.25) is 4.79 Å². The van der Waals surface area contributed by atoms with Gasteiger partial charge in [0.05, 0.1) is 24.6 Å². The Morgan fingerprint density at radius 3 is 2.88 bits per heavy atom. The summed E-state index contributed by atoms with van der Waals surface area (Å²) in [6.45, 7) is 0.290. The largest absolute Gasteiger partial charge is 0.382 e. The van der Waals surface area contributed by atoms with Crippen molar-refractivity contribution in [3.05, 3.63) is 42.1 Å². The molecule has 0 saturated carbocycles. The summed E-state index contributed by atoms with van der Waals surface area (Å²) in [5.41, 5.74) is 6.25. The Kier molecular flexibility index (Phi) is 3.20. The Morgan fingerprint density at radius 2 is 2.24 bits per heavy atom. The van der Waals surface area contributed by atoms with Gasteiger partial charge in [0.2, 0.25) is 0 Å². The van der Waals surface area contributed by atoms with Crippen LogP contribution in [0.1, 0.15) is 16.2 Å². The van der Waals surface area contributed by atoms with Gasteiger partial charge in [-0.15, -0.1) is 0 Å². The standard InChI is InChI=1S/C10H10N6O/c11-9-6-12-8(5-13-9)10(17)14-4-7-2-1-3-15-16-7/h1-3,5-6H,4H2,(H2,11,13)(H,14,17). The predicted molar refractivity (Wildman–Crippen MR) is 59.6 cm³/mol. The number of carbonyl (C=O) groups is 1. The lowest BCUT2D eigenvalue weighted by atomic mass is 10.3. The van der Waals surface area contributed by atoms with Crippen molar-refractivity contribution < 1.29 is 4.79 Å². The fourth-order valence-electron chi connectivity index (χ4n) is 1.14. The van der Waals surface area contributed by atoms with Crippen LogP contribution < -0.4 is 11.1 Å². The SMILES string of the molecule is Nc1cnc(C(=O)NCc2cccnn2)cn1. The molecule has 0 saturated heterocycles.